The maximum Gasteiger partial charge on any atom is 0.316 e. The van der Waals surface area contributed by atoms with Gasteiger partial charge in [-0.3, -0.25) is 14.4 Å². The van der Waals surface area contributed by atoms with Crippen LogP contribution in [0.1, 0.15) is 53.0 Å². The molecule has 28 heavy (non-hydrogen) atoms. The molecule has 0 aliphatic heterocycles. The quantitative estimate of drug-likeness (QED) is 0.602. The van der Waals surface area contributed by atoms with Gasteiger partial charge in [-0.15, -0.1) is 0 Å². The van der Waals surface area contributed by atoms with Crippen LogP contribution in [0.15, 0.2) is 30.5 Å². The third-order valence-electron chi connectivity index (χ3n) is 5.11. The molecule has 152 valence electrons. The van der Waals surface area contributed by atoms with Gasteiger partial charge in [0.05, 0.1) is 0 Å². The molecule has 0 bridgehead atoms. The minimum atomic E-state index is -1.43. The number of carboxylic acid groups (broad SMARTS) is 1. The third kappa shape index (κ3) is 5.00. The van der Waals surface area contributed by atoms with Crippen LogP contribution in [-0.4, -0.2) is 33.8 Å². The van der Waals surface area contributed by atoms with Gasteiger partial charge in [0.1, 0.15) is 11.2 Å². The molecule has 3 N–H and O–H groups in total. The Bertz CT molecular complexity index is 874. The number of aromatic nitrogens is 1. The maximum atomic E-state index is 12.5. The Morgan fingerprint density at radius 2 is 1.75 bits per heavy atom. The van der Waals surface area contributed by atoms with E-state index in [0.717, 1.165) is 16.5 Å². The standard InChI is InChI=1S/C22H30N2O4/c1-21(2,3)19(26)24-15(10-11-18(25)22(4,5)20(27)28)12-14-13-23-17-9-7-6-8-16(14)17/h6-9,13,15,23H,10-12H2,1-5H3,(H,24,26)(H,27,28)/t15-/m0/s1. The number of nitrogens with one attached hydrogen (secondary N) is 2. The Morgan fingerprint density at radius 1 is 1.11 bits per heavy atom. The number of rotatable bonds is 8. The first-order valence-electron chi connectivity index (χ1n) is 9.55. The van der Waals surface area contributed by atoms with E-state index in [2.05, 4.69) is 10.3 Å². The maximum absolute atomic E-state index is 12.5. The molecule has 0 aliphatic carbocycles. The predicted octanol–water partition coefficient (Wildman–Crippen LogP) is 3.70. The van der Waals surface area contributed by atoms with Crippen molar-refractivity contribution in [2.24, 2.45) is 10.8 Å². The number of hydrogen-bond acceptors (Lipinski definition) is 3. The van der Waals surface area contributed by atoms with E-state index in [1.165, 1.54) is 13.8 Å². The number of fused-ring (bicyclic) bond motifs is 1. The van der Waals surface area contributed by atoms with Crippen molar-refractivity contribution < 1.29 is 19.5 Å². The number of para-hydroxylation sites is 1. The fraction of sp³-hybridized carbons (Fsp3) is 0.500. The lowest BCUT2D eigenvalue weighted by Crippen LogP contribution is -2.43. The number of Topliss-reactive ketones (excluding diaryl/α,β-unsaturated/α-hetero) is 1. The van der Waals surface area contributed by atoms with Gasteiger partial charge in [0, 0.05) is 35.0 Å². The van der Waals surface area contributed by atoms with Crippen LogP contribution in [0.5, 0.6) is 0 Å². The monoisotopic (exact) mass is 386 g/mol. The van der Waals surface area contributed by atoms with Crippen LogP contribution in [0.3, 0.4) is 0 Å². The van der Waals surface area contributed by atoms with Gasteiger partial charge < -0.3 is 15.4 Å². The van der Waals surface area contributed by atoms with Crippen LogP contribution in [0.25, 0.3) is 10.9 Å². The fourth-order valence-corrected chi connectivity index (χ4v) is 2.93. The third-order valence-corrected chi connectivity index (χ3v) is 5.11. The average Bonchev–Trinajstić information content (AvgIpc) is 3.01. The first-order valence-corrected chi connectivity index (χ1v) is 9.55. The summed E-state index contributed by atoms with van der Waals surface area (Å²) in [6.45, 7) is 8.34. The highest BCUT2D eigenvalue weighted by atomic mass is 16.4. The zero-order chi connectivity index (χ0) is 21.1. The molecule has 0 aliphatic rings. The molecule has 1 heterocycles. The average molecular weight is 386 g/mol. The molecule has 1 atom stereocenters. The zero-order valence-corrected chi connectivity index (χ0v) is 17.3. The number of amides is 1. The fourth-order valence-electron chi connectivity index (χ4n) is 2.93. The summed E-state index contributed by atoms with van der Waals surface area (Å²) >= 11 is 0. The Morgan fingerprint density at radius 3 is 2.36 bits per heavy atom. The highest BCUT2D eigenvalue weighted by molar-refractivity contribution is 6.02. The van der Waals surface area contributed by atoms with Gasteiger partial charge in [0.2, 0.25) is 5.91 Å². The van der Waals surface area contributed by atoms with Gasteiger partial charge in [-0.1, -0.05) is 39.0 Å². The minimum Gasteiger partial charge on any atom is -0.481 e. The Balaban J connectivity index is 2.18. The van der Waals surface area contributed by atoms with Crippen molar-refractivity contribution in [1.82, 2.24) is 10.3 Å². The number of benzene rings is 1. The summed E-state index contributed by atoms with van der Waals surface area (Å²) in [5, 5.41) is 13.4. The highest BCUT2D eigenvalue weighted by Crippen LogP contribution is 2.24. The molecule has 0 saturated carbocycles. The lowest BCUT2D eigenvalue weighted by molar-refractivity contribution is -0.152. The number of ketones is 1. The molecule has 0 fully saturated rings. The van der Waals surface area contributed by atoms with Crippen LogP contribution >= 0.6 is 0 Å². The lowest BCUT2D eigenvalue weighted by Gasteiger charge is -2.25. The SMILES string of the molecule is CC(C)(C)C(=O)N[C@@H](CCC(=O)C(C)(C)C(=O)O)Cc1c[nH]c2ccccc12. The van der Waals surface area contributed by atoms with Crippen LogP contribution < -0.4 is 5.32 Å². The normalized spacial score (nSPS) is 13.3. The van der Waals surface area contributed by atoms with Crippen molar-refractivity contribution in [2.75, 3.05) is 0 Å². The summed E-state index contributed by atoms with van der Waals surface area (Å²) in [5.41, 5.74) is 0.0866. The van der Waals surface area contributed by atoms with E-state index in [0.29, 0.717) is 12.8 Å². The van der Waals surface area contributed by atoms with Crippen LogP contribution in [0.4, 0.5) is 0 Å². The summed E-state index contributed by atoms with van der Waals surface area (Å²) in [6.07, 6.45) is 2.96. The van der Waals surface area contributed by atoms with Crippen molar-refractivity contribution in [1.29, 1.82) is 0 Å². The summed E-state index contributed by atoms with van der Waals surface area (Å²) < 4.78 is 0. The number of carboxylic acids is 1. The Labute approximate surface area is 165 Å². The minimum absolute atomic E-state index is 0.0940. The van der Waals surface area contributed by atoms with Crippen molar-refractivity contribution in [2.45, 2.75) is 59.9 Å². The molecule has 0 saturated heterocycles. The van der Waals surface area contributed by atoms with Crippen molar-refractivity contribution >= 4 is 28.6 Å². The molecular formula is C22H30N2O4. The molecule has 1 aromatic carbocycles. The molecular weight excluding hydrogens is 356 g/mol. The van der Waals surface area contributed by atoms with E-state index in [1.807, 2.05) is 51.2 Å². The van der Waals surface area contributed by atoms with E-state index < -0.39 is 16.8 Å². The summed E-state index contributed by atoms with van der Waals surface area (Å²) in [7, 11) is 0. The second-order valence-electron chi connectivity index (χ2n) is 8.88. The van der Waals surface area contributed by atoms with Gasteiger partial charge in [-0.2, -0.15) is 0 Å². The Kier molecular flexibility index (Phi) is 6.32. The van der Waals surface area contributed by atoms with Crippen molar-refractivity contribution in [3.63, 3.8) is 0 Å². The molecule has 0 radical (unpaired) electrons. The lowest BCUT2D eigenvalue weighted by atomic mass is 9.84. The molecule has 1 amide bonds. The van der Waals surface area contributed by atoms with E-state index in [1.54, 1.807) is 0 Å². The molecule has 6 nitrogen and oxygen atoms in total. The van der Waals surface area contributed by atoms with Crippen LogP contribution in [-0.2, 0) is 20.8 Å². The molecule has 6 heteroatoms. The van der Waals surface area contributed by atoms with Crippen LogP contribution in [0.2, 0.25) is 0 Å². The van der Waals surface area contributed by atoms with E-state index in [4.69, 9.17) is 0 Å². The predicted molar refractivity (Wildman–Crippen MR) is 109 cm³/mol. The molecule has 0 spiro atoms. The molecule has 2 aromatic rings. The van der Waals surface area contributed by atoms with Crippen molar-refractivity contribution in [3.05, 3.63) is 36.0 Å². The first-order chi connectivity index (χ1) is 12.9. The number of carbonyl (C=O) groups excluding carboxylic acids is 2. The second-order valence-corrected chi connectivity index (χ2v) is 8.88. The summed E-state index contributed by atoms with van der Waals surface area (Å²) in [4.78, 5) is 39.5. The van der Waals surface area contributed by atoms with Gasteiger partial charge in [-0.05, 0) is 38.3 Å². The van der Waals surface area contributed by atoms with Crippen LogP contribution in [0, 0.1) is 10.8 Å². The van der Waals surface area contributed by atoms with Gasteiger partial charge in [-0.25, -0.2) is 0 Å². The number of aromatic amines is 1. The largest absolute Gasteiger partial charge is 0.481 e. The summed E-state index contributed by atoms with van der Waals surface area (Å²) in [6, 6.07) is 7.65. The molecule has 0 unspecified atom stereocenters. The number of aliphatic carboxylic acids is 1. The van der Waals surface area contributed by atoms with Gasteiger partial charge in [0.25, 0.3) is 0 Å². The highest BCUT2D eigenvalue weighted by Gasteiger charge is 2.35. The van der Waals surface area contributed by atoms with Gasteiger partial charge >= 0.3 is 5.97 Å². The second kappa shape index (κ2) is 8.17. The number of carbonyl (C=O) groups is 3. The van der Waals surface area contributed by atoms with E-state index in [9.17, 15) is 19.5 Å². The smallest absolute Gasteiger partial charge is 0.316 e. The molecule has 1 aromatic heterocycles. The molecule has 2 rings (SSSR count). The number of hydrogen-bond donors (Lipinski definition) is 3. The van der Waals surface area contributed by atoms with Gasteiger partial charge in [0.15, 0.2) is 0 Å². The topological polar surface area (TPSA) is 99.3 Å². The van der Waals surface area contributed by atoms with Crippen molar-refractivity contribution in [3.8, 4) is 0 Å². The summed E-state index contributed by atoms with van der Waals surface area (Å²) in [5.74, 6) is -1.57. The number of H-pyrrole nitrogens is 1. The Hall–Kier alpha value is -2.63. The first kappa shape index (κ1) is 21.7. The zero-order valence-electron chi connectivity index (χ0n) is 17.3. The van der Waals surface area contributed by atoms with E-state index >= 15 is 0 Å². The van der Waals surface area contributed by atoms with E-state index in [-0.39, 0.29) is 24.2 Å².